The summed E-state index contributed by atoms with van der Waals surface area (Å²) >= 11 is 3.83. The summed E-state index contributed by atoms with van der Waals surface area (Å²) in [7, 11) is 0. The topological polar surface area (TPSA) is 228 Å². The number of nitrogens with one attached hydrogen (secondary N) is 3. The third-order valence-corrected chi connectivity index (χ3v) is 3.80. The Balaban J connectivity index is 5.15. The molecule has 0 saturated carbocycles. The molecule has 0 rings (SSSR count). The van der Waals surface area contributed by atoms with E-state index in [1.807, 2.05) is 10.6 Å². The van der Waals surface area contributed by atoms with Gasteiger partial charge in [-0.2, -0.15) is 12.6 Å². The first kappa shape index (κ1) is 25.6. The summed E-state index contributed by atoms with van der Waals surface area (Å²) in [5.41, 5.74) is 5.45. The van der Waals surface area contributed by atoms with Gasteiger partial charge in [-0.3, -0.25) is 19.2 Å². The summed E-state index contributed by atoms with van der Waals surface area (Å²) in [6, 6.07) is -6.06. The number of aliphatic carboxylic acids is 2. The Morgan fingerprint density at radius 2 is 1.50 bits per heavy atom. The molecule has 0 aliphatic rings. The number of rotatable bonds is 12. The maximum absolute atomic E-state index is 12.3. The van der Waals surface area contributed by atoms with E-state index in [-0.39, 0.29) is 5.75 Å². The molecule has 0 aromatic heterocycles. The second-order valence-electron chi connectivity index (χ2n) is 5.76. The summed E-state index contributed by atoms with van der Waals surface area (Å²) in [6.07, 6.45) is -2.33. The van der Waals surface area contributed by atoms with Crippen molar-refractivity contribution in [3.63, 3.8) is 0 Å². The van der Waals surface area contributed by atoms with Crippen LogP contribution in [0, 0.1) is 0 Å². The van der Waals surface area contributed by atoms with Crippen molar-refractivity contribution < 1.29 is 44.4 Å². The van der Waals surface area contributed by atoms with Crippen molar-refractivity contribution in [3.05, 3.63) is 0 Å². The lowest BCUT2D eigenvalue weighted by atomic mass is 10.1. The van der Waals surface area contributed by atoms with Gasteiger partial charge in [0.15, 0.2) is 0 Å². The molecule has 5 unspecified atom stereocenters. The van der Waals surface area contributed by atoms with Crippen molar-refractivity contribution in [2.75, 3.05) is 12.4 Å². The predicted octanol–water partition coefficient (Wildman–Crippen LogP) is -4.37. The molecule has 0 radical (unpaired) electrons. The first-order chi connectivity index (χ1) is 12.9. The molecule has 3 amide bonds. The molecule has 0 spiro atoms. The lowest BCUT2D eigenvalue weighted by Gasteiger charge is -2.25. The van der Waals surface area contributed by atoms with Crippen molar-refractivity contribution >= 4 is 42.3 Å². The number of carboxylic acids is 2. The maximum Gasteiger partial charge on any atom is 0.326 e. The average Bonchev–Trinajstić information content (AvgIpc) is 2.61. The molecule has 14 heteroatoms. The van der Waals surface area contributed by atoms with Crippen LogP contribution in [0.2, 0.25) is 0 Å². The summed E-state index contributed by atoms with van der Waals surface area (Å²) in [5.74, 6) is -6.19. The van der Waals surface area contributed by atoms with E-state index in [1.165, 1.54) is 6.92 Å². The van der Waals surface area contributed by atoms with E-state index < -0.39 is 73.0 Å². The maximum atomic E-state index is 12.3. The molecule has 0 saturated heterocycles. The highest BCUT2D eigenvalue weighted by molar-refractivity contribution is 7.80. The van der Waals surface area contributed by atoms with Crippen molar-refractivity contribution in [2.45, 2.75) is 43.6 Å². The van der Waals surface area contributed by atoms with E-state index >= 15 is 0 Å². The zero-order valence-corrected chi connectivity index (χ0v) is 15.8. The third kappa shape index (κ3) is 8.51. The number of carbonyl (C=O) groups excluding carboxylic acids is 3. The van der Waals surface area contributed by atoms with Gasteiger partial charge in [0, 0.05) is 5.75 Å². The van der Waals surface area contributed by atoms with Crippen LogP contribution in [0.4, 0.5) is 0 Å². The van der Waals surface area contributed by atoms with Gasteiger partial charge < -0.3 is 42.1 Å². The second kappa shape index (κ2) is 12.1. The molecular weight excluding hydrogens is 400 g/mol. The van der Waals surface area contributed by atoms with Crippen molar-refractivity contribution in [1.29, 1.82) is 0 Å². The number of carbonyl (C=O) groups is 5. The van der Waals surface area contributed by atoms with Gasteiger partial charge in [-0.1, -0.05) is 0 Å². The molecule has 13 nitrogen and oxygen atoms in total. The average molecular weight is 424 g/mol. The number of hydrogen-bond donors (Lipinski definition) is 9. The Morgan fingerprint density at radius 1 is 0.964 bits per heavy atom. The summed E-state index contributed by atoms with van der Waals surface area (Å²) in [4.78, 5) is 57.7. The van der Waals surface area contributed by atoms with Crippen LogP contribution in [0.25, 0.3) is 0 Å². The SMILES string of the molecule is CC(O)C(NC(=O)C(N)CS)C(=O)NC(CO)C(=O)NC(CC(=O)O)C(=O)O. The fourth-order valence-corrected chi connectivity index (χ4v) is 2.02. The van der Waals surface area contributed by atoms with Gasteiger partial charge >= 0.3 is 11.9 Å². The van der Waals surface area contributed by atoms with Crippen LogP contribution in [0.3, 0.4) is 0 Å². The van der Waals surface area contributed by atoms with Crippen LogP contribution in [0.15, 0.2) is 0 Å². The Morgan fingerprint density at radius 3 is 1.89 bits per heavy atom. The third-order valence-electron chi connectivity index (χ3n) is 3.40. The minimum Gasteiger partial charge on any atom is -0.481 e. The highest BCUT2D eigenvalue weighted by atomic mass is 32.1. The van der Waals surface area contributed by atoms with E-state index in [0.29, 0.717) is 0 Å². The second-order valence-corrected chi connectivity index (χ2v) is 6.12. The van der Waals surface area contributed by atoms with Crippen LogP contribution >= 0.6 is 12.6 Å². The van der Waals surface area contributed by atoms with E-state index in [2.05, 4.69) is 17.9 Å². The standard InChI is InChI=1S/C14H24N4O9S/c1-5(20)10(18-11(23)6(15)4-28)13(25)17-8(3-19)12(24)16-7(14(26)27)2-9(21)22/h5-8,10,19-20,28H,2-4,15H2,1H3,(H,16,24)(H,17,25)(H,18,23)(H,21,22)(H,26,27). The van der Waals surface area contributed by atoms with E-state index in [9.17, 15) is 34.2 Å². The molecule has 5 atom stereocenters. The number of carboxylic acid groups (broad SMARTS) is 2. The normalized spacial score (nSPS) is 16.0. The predicted molar refractivity (Wildman–Crippen MR) is 96.3 cm³/mol. The zero-order valence-electron chi connectivity index (χ0n) is 14.9. The van der Waals surface area contributed by atoms with Gasteiger partial charge in [-0.05, 0) is 6.92 Å². The van der Waals surface area contributed by atoms with Gasteiger partial charge in [0.25, 0.3) is 0 Å². The minimum atomic E-state index is -1.79. The fraction of sp³-hybridized carbons (Fsp3) is 0.643. The molecule has 0 aliphatic heterocycles. The number of hydrogen-bond acceptors (Lipinski definition) is 9. The summed E-state index contributed by atoms with van der Waals surface area (Å²) in [5, 5.41) is 42.6. The number of nitrogens with two attached hydrogens (primary N) is 1. The van der Waals surface area contributed by atoms with Crippen molar-refractivity contribution in [1.82, 2.24) is 16.0 Å². The Hall–Kier alpha value is -2.42. The van der Waals surface area contributed by atoms with Crippen molar-refractivity contribution in [3.8, 4) is 0 Å². The van der Waals surface area contributed by atoms with Crippen molar-refractivity contribution in [2.24, 2.45) is 5.73 Å². The first-order valence-electron chi connectivity index (χ1n) is 7.95. The zero-order chi connectivity index (χ0) is 22.0. The van der Waals surface area contributed by atoms with E-state index in [1.54, 1.807) is 0 Å². The number of amides is 3. The largest absolute Gasteiger partial charge is 0.481 e. The molecule has 160 valence electrons. The quantitative estimate of drug-likeness (QED) is 0.137. The smallest absolute Gasteiger partial charge is 0.326 e. The molecule has 9 N–H and O–H groups in total. The molecule has 0 aromatic rings. The van der Waals surface area contributed by atoms with Crippen LogP contribution in [0.1, 0.15) is 13.3 Å². The fourth-order valence-electron chi connectivity index (χ4n) is 1.85. The molecule has 0 aliphatic carbocycles. The highest BCUT2D eigenvalue weighted by Crippen LogP contribution is 1.99. The lowest BCUT2D eigenvalue weighted by Crippen LogP contribution is -2.60. The Labute approximate surface area is 165 Å². The number of aliphatic hydroxyl groups is 2. The van der Waals surface area contributed by atoms with Gasteiger partial charge in [-0.25, -0.2) is 4.79 Å². The monoisotopic (exact) mass is 424 g/mol. The van der Waals surface area contributed by atoms with Gasteiger partial charge in [0.1, 0.15) is 18.1 Å². The summed E-state index contributed by atoms with van der Waals surface area (Å²) in [6.45, 7) is 0.214. The van der Waals surface area contributed by atoms with Crippen LogP contribution in [0.5, 0.6) is 0 Å². The highest BCUT2D eigenvalue weighted by Gasteiger charge is 2.32. The first-order valence-corrected chi connectivity index (χ1v) is 8.58. The number of aliphatic hydroxyl groups excluding tert-OH is 2. The summed E-state index contributed by atoms with van der Waals surface area (Å²) < 4.78 is 0. The number of thiol groups is 1. The molecule has 0 bridgehead atoms. The molecule has 0 fully saturated rings. The van der Waals surface area contributed by atoms with E-state index in [0.717, 1.165) is 0 Å². The van der Waals surface area contributed by atoms with Gasteiger partial charge in [0.2, 0.25) is 17.7 Å². The van der Waals surface area contributed by atoms with Crippen LogP contribution < -0.4 is 21.7 Å². The van der Waals surface area contributed by atoms with Crippen LogP contribution in [-0.2, 0) is 24.0 Å². The molecule has 0 aromatic carbocycles. The van der Waals surface area contributed by atoms with Gasteiger partial charge in [0.05, 0.1) is 25.2 Å². The Bertz CT molecular complexity index is 601. The Kier molecular flexibility index (Phi) is 11.1. The molecular formula is C14H24N4O9S. The molecule has 28 heavy (non-hydrogen) atoms. The van der Waals surface area contributed by atoms with Gasteiger partial charge in [-0.15, -0.1) is 0 Å². The minimum absolute atomic E-state index is 0.0399. The van der Waals surface area contributed by atoms with Crippen LogP contribution in [-0.4, -0.2) is 92.7 Å². The lowest BCUT2D eigenvalue weighted by molar-refractivity contribution is -0.147. The van der Waals surface area contributed by atoms with E-state index in [4.69, 9.17) is 15.9 Å². The molecule has 0 heterocycles.